The molecule has 1 aromatic carbocycles. The molecule has 88 valence electrons. The van der Waals surface area contributed by atoms with Crippen LogP contribution in [0.3, 0.4) is 0 Å². The van der Waals surface area contributed by atoms with Crippen molar-refractivity contribution < 1.29 is 4.79 Å². The minimum absolute atomic E-state index is 0.0519. The summed E-state index contributed by atoms with van der Waals surface area (Å²) in [5, 5.41) is 2.87. The summed E-state index contributed by atoms with van der Waals surface area (Å²) in [4.78, 5) is 12.9. The van der Waals surface area contributed by atoms with E-state index >= 15 is 0 Å². The summed E-state index contributed by atoms with van der Waals surface area (Å²) in [6.45, 7) is 2.75. The number of carbonyl (C=O) groups excluding carboxylic acids is 1. The molecule has 0 fully saturated rings. The first-order valence-electron chi connectivity index (χ1n) is 5.21. The first-order chi connectivity index (χ1) is 7.50. The van der Waals surface area contributed by atoms with Gasteiger partial charge in [0.05, 0.1) is 0 Å². The first kappa shape index (κ1) is 13.0. The molecule has 0 aliphatic carbocycles. The second-order valence-electron chi connectivity index (χ2n) is 4.03. The molecule has 1 atom stereocenters. The number of amides is 2. The molecule has 0 aromatic heterocycles. The van der Waals surface area contributed by atoms with Crippen molar-refractivity contribution in [1.29, 1.82) is 0 Å². The average Bonchev–Trinajstić information content (AvgIpc) is 2.26. The van der Waals surface area contributed by atoms with Crippen LogP contribution in [0, 0.1) is 0 Å². The van der Waals surface area contributed by atoms with E-state index in [1.54, 1.807) is 14.1 Å². The largest absolute Gasteiger partial charge is 0.337 e. The van der Waals surface area contributed by atoms with E-state index in [0.717, 1.165) is 4.47 Å². The number of nitrogens with one attached hydrogen (secondary N) is 1. The second kappa shape index (κ2) is 5.89. The van der Waals surface area contributed by atoms with Gasteiger partial charge in [0.2, 0.25) is 0 Å². The Morgan fingerprint density at radius 2 is 1.94 bits per heavy atom. The van der Waals surface area contributed by atoms with Crippen molar-refractivity contribution in [2.45, 2.75) is 12.8 Å². The van der Waals surface area contributed by atoms with Crippen LogP contribution >= 0.6 is 15.9 Å². The number of halogens is 1. The number of hydrogen-bond acceptors (Lipinski definition) is 1. The second-order valence-corrected chi connectivity index (χ2v) is 4.95. The predicted octanol–water partition coefficient (Wildman–Crippen LogP) is 2.82. The molecule has 1 rings (SSSR count). The highest BCUT2D eigenvalue weighted by Crippen LogP contribution is 2.17. The van der Waals surface area contributed by atoms with Gasteiger partial charge in [-0.3, -0.25) is 0 Å². The Hall–Kier alpha value is -1.03. The van der Waals surface area contributed by atoms with Crippen LogP contribution in [0.1, 0.15) is 18.4 Å². The lowest BCUT2D eigenvalue weighted by Gasteiger charge is -2.16. The van der Waals surface area contributed by atoms with E-state index in [4.69, 9.17) is 0 Å². The van der Waals surface area contributed by atoms with Gasteiger partial charge in [-0.2, -0.15) is 0 Å². The predicted molar refractivity (Wildman–Crippen MR) is 69.6 cm³/mol. The maximum atomic E-state index is 11.3. The van der Waals surface area contributed by atoms with E-state index in [-0.39, 0.29) is 6.03 Å². The molecule has 4 heteroatoms. The molecule has 0 heterocycles. The summed E-state index contributed by atoms with van der Waals surface area (Å²) in [6, 6.07) is 8.11. The summed E-state index contributed by atoms with van der Waals surface area (Å²) < 4.78 is 1.07. The smallest absolute Gasteiger partial charge is 0.316 e. The molecule has 0 bridgehead atoms. The van der Waals surface area contributed by atoms with E-state index in [2.05, 4.69) is 40.3 Å². The number of nitrogens with zero attached hydrogens (tertiary/aromatic N) is 1. The molecule has 1 unspecified atom stereocenters. The zero-order valence-electron chi connectivity index (χ0n) is 9.83. The van der Waals surface area contributed by atoms with Gasteiger partial charge in [0, 0.05) is 25.1 Å². The third kappa shape index (κ3) is 3.85. The molecule has 0 aliphatic rings. The molecule has 0 saturated heterocycles. The van der Waals surface area contributed by atoms with Crippen molar-refractivity contribution >= 4 is 22.0 Å². The molecule has 1 N–H and O–H groups in total. The first-order valence-corrected chi connectivity index (χ1v) is 6.00. The Morgan fingerprint density at radius 3 is 2.44 bits per heavy atom. The number of urea groups is 1. The number of carbonyl (C=O) groups is 1. The topological polar surface area (TPSA) is 32.3 Å². The lowest BCUT2D eigenvalue weighted by Crippen LogP contribution is -2.36. The lowest BCUT2D eigenvalue weighted by molar-refractivity contribution is 0.217. The van der Waals surface area contributed by atoms with Crippen LogP contribution in [0.2, 0.25) is 0 Å². The van der Waals surface area contributed by atoms with Crippen LogP contribution in [0.15, 0.2) is 28.7 Å². The summed E-state index contributed by atoms with van der Waals surface area (Å²) in [5.41, 5.74) is 1.22. The zero-order valence-corrected chi connectivity index (χ0v) is 11.4. The minimum atomic E-state index is -0.0519. The SMILES string of the molecule is CC(CNC(=O)N(C)C)c1ccc(Br)cc1. The van der Waals surface area contributed by atoms with Crippen LogP contribution in [-0.2, 0) is 0 Å². The lowest BCUT2D eigenvalue weighted by atomic mass is 10.0. The molecule has 16 heavy (non-hydrogen) atoms. The maximum Gasteiger partial charge on any atom is 0.316 e. The van der Waals surface area contributed by atoms with E-state index in [1.165, 1.54) is 10.5 Å². The fourth-order valence-electron chi connectivity index (χ4n) is 1.31. The third-order valence-electron chi connectivity index (χ3n) is 2.40. The Labute approximate surface area is 105 Å². The van der Waals surface area contributed by atoms with Crippen molar-refractivity contribution in [2.75, 3.05) is 20.6 Å². The molecule has 0 spiro atoms. The van der Waals surface area contributed by atoms with Gasteiger partial charge in [-0.15, -0.1) is 0 Å². The Kier molecular flexibility index (Phi) is 4.80. The van der Waals surface area contributed by atoms with Crippen molar-refractivity contribution in [2.24, 2.45) is 0 Å². The summed E-state index contributed by atoms with van der Waals surface area (Å²) in [6.07, 6.45) is 0. The average molecular weight is 285 g/mol. The fourth-order valence-corrected chi connectivity index (χ4v) is 1.57. The van der Waals surface area contributed by atoms with Crippen LogP contribution in [0.4, 0.5) is 4.79 Å². The number of benzene rings is 1. The monoisotopic (exact) mass is 284 g/mol. The minimum Gasteiger partial charge on any atom is -0.337 e. The third-order valence-corrected chi connectivity index (χ3v) is 2.93. The highest BCUT2D eigenvalue weighted by atomic mass is 79.9. The maximum absolute atomic E-state index is 11.3. The van der Waals surface area contributed by atoms with Crippen molar-refractivity contribution in [1.82, 2.24) is 10.2 Å². The van der Waals surface area contributed by atoms with Crippen LogP contribution < -0.4 is 5.32 Å². The molecule has 0 aliphatic heterocycles. The summed E-state index contributed by atoms with van der Waals surface area (Å²) in [7, 11) is 3.47. The van der Waals surface area contributed by atoms with Crippen molar-refractivity contribution in [3.8, 4) is 0 Å². The van der Waals surface area contributed by atoms with Crippen LogP contribution in [-0.4, -0.2) is 31.6 Å². The molecular weight excluding hydrogens is 268 g/mol. The van der Waals surface area contributed by atoms with Crippen LogP contribution in [0.25, 0.3) is 0 Å². The van der Waals surface area contributed by atoms with Crippen molar-refractivity contribution in [3.63, 3.8) is 0 Å². The Balaban J connectivity index is 2.49. The van der Waals surface area contributed by atoms with Crippen LogP contribution in [0.5, 0.6) is 0 Å². The molecular formula is C12H17BrN2O. The Bertz CT molecular complexity index is 349. The zero-order chi connectivity index (χ0) is 12.1. The number of rotatable bonds is 3. The molecule has 0 saturated carbocycles. The van der Waals surface area contributed by atoms with Gasteiger partial charge in [-0.05, 0) is 23.6 Å². The highest BCUT2D eigenvalue weighted by molar-refractivity contribution is 9.10. The quantitative estimate of drug-likeness (QED) is 0.910. The Morgan fingerprint density at radius 1 is 1.38 bits per heavy atom. The van der Waals surface area contributed by atoms with E-state index in [1.807, 2.05) is 12.1 Å². The summed E-state index contributed by atoms with van der Waals surface area (Å²) >= 11 is 3.40. The van der Waals surface area contributed by atoms with E-state index in [9.17, 15) is 4.79 Å². The highest BCUT2D eigenvalue weighted by Gasteiger charge is 2.08. The van der Waals surface area contributed by atoms with Gasteiger partial charge in [0.25, 0.3) is 0 Å². The van der Waals surface area contributed by atoms with Gasteiger partial charge < -0.3 is 10.2 Å². The van der Waals surface area contributed by atoms with Gasteiger partial charge >= 0.3 is 6.03 Å². The van der Waals surface area contributed by atoms with Gasteiger partial charge in [0.1, 0.15) is 0 Å². The molecule has 3 nitrogen and oxygen atoms in total. The van der Waals surface area contributed by atoms with Gasteiger partial charge in [-0.25, -0.2) is 4.79 Å². The normalized spacial score (nSPS) is 12.0. The van der Waals surface area contributed by atoms with Gasteiger partial charge in [-0.1, -0.05) is 35.0 Å². The molecule has 2 amide bonds. The molecule has 1 aromatic rings. The van der Waals surface area contributed by atoms with E-state index < -0.39 is 0 Å². The summed E-state index contributed by atoms with van der Waals surface area (Å²) in [5.74, 6) is 0.317. The number of hydrogen-bond donors (Lipinski definition) is 1. The molecule has 0 radical (unpaired) electrons. The van der Waals surface area contributed by atoms with Gasteiger partial charge in [0.15, 0.2) is 0 Å². The standard InChI is InChI=1S/C12H17BrN2O/c1-9(8-14-12(16)15(2)3)10-4-6-11(13)7-5-10/h4-7,9H,8H2,1-3H3,(H,14,16). The fraction of sp³-hybridized carbons (Fsp3) is 0.417. The van der Waals surface area contributed by atoms with Crippen molar-refractivity contribution in [3.05, 3.63) is 34.3 Å². The van der Waals surface area contributed by atoms with E-state index in [0.29, 0.717) is 12.5 Å².